The van der Waals surface area contributed by atoms with Gasteiger partial charge in [-0.1, -0.05) is 11.6 Å². The Labute approximate surface area is 117 Å². The van der Waals surface area contributed by atoms with E-state index >= 15 is 0 Å². The number of nitrogens with zero attached hydrogens (tertiary/aromatic N) is 2. The molecule has 3 aromatic rings. The normalized spacial score (nSPS) is 10.9. The Morgan fingerprint density at radius 3 is 2.65 bits per heavy atom. The molecule has 0 fully saturated rings. The summed E-state index contributed by atoms with van der Waals surface area (Å²) in [5.74, 6) is -2.55. The maximum atomic E-state index is 13.1. The molecule has 0 N–H and O–H groups in total. The molecule has 0 saturated carbocycles. The zero-order chi connectivity index (χ0) is 14.3. The Bertz CT molecular complexity index is 829. The van der Waals surface area contributed by atoms with Crippen LogP contribution in [0.15, 0.2) is 42.7 Å². The SMILES string of the molecule is O=C(c1ccc(F)c(F)c1)c1cn2cc(Cl)ccc2n1. The molecule has 6 heteroatoms. The van der Waals surface area contributed by atoms with Gasteiger partial charge in [-0.3, -0.25) is 4.79 Å². The van der Waals surface area contributed by atoms with Gasteiger partial charge in [-0.2, -0.15) is 0 Å². The summed E-state index contributed by atoms with van der Waals surface area (Å²) in [5, 5.41) is 0.502. The monoisotopic (exact) mass is 292 g/mol. The second-order valence-corrected chi connectivity index (χ2v) is 4.63. The number of hydrogen-bond donors (Lipinski definition) is 0. The lowest BCUT2D eigenvalue weighted by molar-refractivity contribution is 0.103. The summed E-state index contributed by atoms with van der Waals surface area (Å²) in [4.78, 5) is 16.3. The van der Waals surface area contributed by atoms with Crippen molar-refractivity contribution in [3.8, 4) is 0 Å². The summed E-state index contributed by atoms with van der Waals surface area (Å²) in [6.07, 6.45) is 3.09. The summed E-state index contributed by atoms with van der Waals surface area (Å²) >= 11 is 5.84. The van der Waals surface area contributed by atoms with E-state index in [9.17, 15) is 13.6 Å². The molecule has 0 aliphatic carbocycles. The maximum absolute atomic E-state index is 13.1. The molecule has 0 radical (unpaired) electrons. The van der Waals surface area contributed by atoms with Crippen molar-refractivity contribution in [2.75, 3.05) is 0 Å². The Kier molecular flexibility index (Phi) is 2.99. The molecule has 0 spiro atoms. The van der Waals surface area contributed by atoms with E-state index in [1.54, 1.807) is 22.7 Å². The lowest BCUT2D eigenvalue weighted by Gasteiger charge is -1.98. The highest BCUT2D eigenvalue weighted by atomic mass is 35.5. The van der Waals surface area contributed by atoms with Crippen molar-refractivity contribution in [2.45, 2.75) is 0 Å². The molecule has 3 rings (SSSR count). The van der Waals surface area contributed by atoms with Gasteiger partial charge in [0.2, 0.25) is 5.78 Å². The number of imidazole rings is 1. The van der Waals surface area contributed by atoms with Crippen molar-refractivity contribution < 1.29 is 13.6 Å². The summed E-state index contributed by atoms with van der Waals surface area (Å²) in [6, 6.07) is 6.29. The molecular formula is C14H7ClF2N2O. The van der Waals surface area contributed by atoms with Crippen molar-refractivity contribution in [3.05, 3.63) is 70.6 Å². The van der Waals surface area contributed by atoms with Gasteiger partial charge in [0.1, 0.15) is 11.3 Å². The second kappa shape index (κ2) is 4.68. The summed E-state index contributed by atoms with van der Waals surface area (Å²) in [7, 11) is 0. The van der Waals surface area contributed by atoms with Crippen LogP contribution in [0, 0.1) is 11.6 Å². The van der Waals surface area contributed by atoms with Crippen LogP contribution in [-0.4, -0.2) is 15.2 Å². The molecule has 0 bridgehead atoms. The van der Waals surface area contributed by atoms with Crippen LogP contribution >= 0.6 is 11.6 Å². The number of halogens is 3. The molecule has 2 heterocycles. The quantitative estimate of drug-likeness (QED) is 0.678. The first-order valence-corrected chi connectivity index (χ1v) is 6.06. The molecule has 1 aromatic carbocycles. The topological polar surface area (TPSA) is 34.4 Å². The first kappa shape index (κ1) is 12.7. The minimum Gasteiger partial charge on any atom is -0.305 e. The van der Waals surface area contributed by atoms with E-state index in [0.717, 1.165) is 12.1 Å². The molecule has 3 nitrogen and oxygen atoms in total. The number of hydrogen-bond acceptors (Lipinski definition) is 2. The molecule has 0 atom stereocenters. The molecule has 0 aliphatic rings. The van der Waals surface area contributed by atoms with E-state index in [1.165, 1.54) is 12.3 Å². The third-order valence-corrected chi connectivity index (χ3v) is 3.05. The zero-order valence-electron chi connectivity index (χ0n) is 9.98. The van der Waals surface area contributed by atoms with E-state index in [4.69, 9.17) is 11.6 Å². The molecule has 20 heavy (non-hydrogen) atoms. The summed E-state index contributed by atoms with van der Waals surface area (Å²) in [6.45, 7) is 0. The van der Waals surface area contributed by atoms with E-state index in [0.29, 0.717) is 10.7 Å². The number of aromatic nitrogens is 2. The first-order chi connectivity index (χ1) is 9.54. The van der Waals surface area contributed by atoms with E-state index in [2.05, 4.69) is 4.98 Å². The zero-order valence-corrected chi connectivity index (χ0v) is 10.7. The van der Waals surface area contributed by atoms with Crippen LogP contribution in [0.25, 0.3) is 5.65 Å². The Morgan fingerprint density at radius 1 is 1.10 bits per heavy atom. The van der Waals surface area contributed by atoms with Crippen molar-refractivity contribution in [1.29, 1.82) is 0 Å². The average Bonchev–Trinajstić information content (AvgIpc) is 2.84. The number of rotatable bonds is 2. The summed E-state index contributed by atoms with van der Waals surface area (Å²) in [5.41, 5.74) is 0.719. The van der Waals surface area contributed by atoms with Crippen LogP contribution in [-0.2, 0) is 0 Å². The van der Waals surface area contributed by atoms with Crippen molar-refractivity contribution in [2.24, 2.45) is 0 Å². The molecule has 0 amide bonds. The minimum atomic E-state index is -1.07. The van der Waals surface area contributed by atoms with Crippen LogP contribution in [0.4, 0.5) is 8.78 Å². The molecule has 0 aliphatic heterocycles. The van der Waals surface area contributed by atoms with Gasteiger partial charge < -0.3 is 4.40 Å². The van der Waals surface area contributed by atoms with Gasteiger partial charge in [0.15, 0.2) is 11.6 Å². The third kappa shape index (κ3) is 2.16. The number of fused-ring (bicyclic) bond motifs is 1. The molecule has 0 unspecified atom stereocenters. The van der Waals surface area contributed by atoms with Gasteiger partial charge in [-0.15, -0.1) is 0 Å². The Morgan fingerprint density at radius 2 is 1.90 bits per heavy atom. The third-order valence-electron chi connectivity index (χ3n) is 2.83. The van der Waals surface area contributed by atoms with Gasteiger partial charge >= 0.3 is 0 Å². The lowest BCUT2D eigenvalue weighted by atomic mass is 10.1. The highest BCUT2D eigenvalue weighted by molar-refractivity contribution is 6.30. The number of pyridine rings is 1. The van der Waals surface area contributed by atoms with Crippen LogP contribution < -0.4 is 0 Å². The second-order valence-electron chi connectivity index (χ2n) is 4.20. The molecule has 100 valence electrons. The van der Waals surface area contributed by atoms with E-state index < -0.39 is 17.4 Å². The Hall–Kier alpha value is -2.27. The number of carbonyl (C=O) groups is 1. The number of benzene rings is 1. The highest BCUT2D eigenvalue weighted by Gasteiger charge is 2.15. The van der Waals surface area contributed by atoms with Gasteiger partial charge in [0.05, 0.1) is 5.02 Å². The fourth-order valence-electron chi connectivity index (χ4n) is 1.86. The predicted molar refractivity (Wildman–Crippen MR) is 70.0 cm³/mol. The smallest absolute Gasteiger partial charge is 0.213 e. The van der Waals surface area contributed by atoms with Gasteiger partial charge in [0, 0.05) is 18.0 Å². The minimum absolute atomic E-state index is 0.0402. The van der Waals surface area contributed by atoms with Gasteiger partial charge in [0.25, 0.3) is 0 Å². The maximum Gasteiger partial charge on any atom is 0.213 e. The molecule has 0 saturated heterocycles. The molecular weight excluding hydrogens is 286 g/mol. The fraction of sp³-hybridized carbons (Fsp3) is 0. The van der Waals surface area contributed by atoms with Crippen molar-refractivity contribution >= 4 is 23.0 Å². The van der Waals surface area contributed by atoms with Crippen LogP contribution in [0.5, 0.6) is 0 Å². The number of ketones is 1. The largest absolute Gasteiger partial charge is 0.305 e. The van der Waals surface area contributed by atoms with Crippen LogP contribution in [0.1, 0.15) is 16.1 Å². The number of carbonyl (C=O) groups excluding carboxylic acids is 1. The van der Waals surface area contributed by atoms with Crippen LogP contribution in [0.2, 0.25) is 5.02 Å². The molecule has 2 aromatic heterocycles. The average molecular weight is 293 g/mol. The first-order valence-electron chi connectivity index (χ1n) is 5.68. The predicted octanol–water partition coefficient (Wildman–Crippen LogP) is 3.50. The van der Waals surface area contributed by atoms with Gasteiger partial charge in [-0.05, 0) is 30.3 Å². The highest BCUT2D eigenvalue weighted by Crippen LogP contribution is 2.16. The van der Waals surface area contributed by atoms with Gasteiger partial charge in [-0.25, -0.2) is 13.8 Å². The van der Waals surface area contributed by atoms with E-state index in [1.807, 2.05) is 0 Å². The summed E-state index contributed by atoms with van der Waals surface area (Å²) < 4.78 is 27.6. The van der Waals surface area contributed by atoms with Crippen molar-refractivity contribution in [1.82, 2.24) is 9.38 Å². The van der Waals surface area contributed by atoms with E-state index in [-0.39, 0.29) is 11.3 Å². The fourth-order valence-corrected chi connectivity index (χ4v) is 2.03. The standard InChI is InChI=1S/C14H7ClF2N2O/c15-9-2-4-13-18-12(7-19(13)6-9)14(20)8-1-3-10(16)11(17)5-8/h1-7H. The Balaban J connectivity index is 2.05. The lowest BCUT2D eigenvalue weighted by Crippen LogP contribution is -2.02. The van der Waals surface area contributed by atoms with Crippen LogP contribution in [0.3, 0.4) is 0 Å². The van der Waals surface area contributed by atoms with Crippen molar-refractivity contribution in [3.63, 3.8) is 0 Å².